The van der Waals surface area contributed by atoms with Gasteiger partial charge in [-0.1, -0.05) is 18.6 Å². The molecule has 2 aliphatic heterocycles. The highest BCUT2D eigenvalue weighted by Gasteiger charge is 2.34. The third-order valence-corrected chi connectivity index (χ3v) is 3.49. The smallest absolute Gasteiger partial charge is 0.202 e. The van der Waals surface area contributed by atoms with Crippen molar-refractivity contribution in [2.75, 3.05) is 18.4 Å². The van der Waals surface area contributed by atoms with Crippen LogP contribution in [0.3, 0.4) is 0 Å². The average molecular weight is 216 g/mol. The number of carbonyl (C=O) groups excluding carboxylic acids is 1. The Bertz CT molecular complexity index is 410. The summed E-state index contributed by atoms with van der Waals surface area (Å²) in [5.74, 6) is 0.234. The van der Waals surface area contributed by atoms with Crippen molar-refractivity contribution in [2.45, 2.75) is 25.4 Å². The molecule has 0 aromatic heterocycles. The summed E-state index contributed by atoms with van der Waals surface area (Å²) in [6, 6.07) is 7.79. The van der Waals surface area contributed by atoms with Crippen LogP contribution in [0, 0.1) is 0 Å². The summed E-state index contributed by atoms with van der Waals surface area (Å²) >= 11 is 0. The van der Waals surface area contributed by atoms with Crippen LogP contribution in [0.2, 0.25) is 0 Å². The molecule has 0 bridgehead atoms. The van der Waals surface area contributed by atoms with Crippen molar-refractivity contribution >= 4 is 11.5 Å². The summed E-state index contributed by atoms with van der Waals surface area (Å²) in [6.45, 7) is 2.08. The topological polar surface area (TPSA) is 32.3 Å². The number of fused-ring (bicyclic) bond motifs is 1. The van der Waals surface area contributed by atoms with Crippen LogP contribution in [-0.4, -0.2) is 29.9 Å². The normalized spacial score (nSPS) is 25.2. The molecule has 84 valence electrons. The van der Waals surface area contributed by atoms with E-state index >= 15 is 0 Å². The second-order valence-electron chi connectivity index (χ2n) is 4.55. The van der Waals surface area contributed by atoms with E-state index in [4.69, 9.17) is 0 Å². The Morgan fingerprint density at radius 3 is 2.62 bits per heavy atom. The number of likely N-dealkylation sites (tertiary alicyclic amines) is 1. The molecule has 0 spiro atoms. The largest absolute Gasteiger partial charge is 0.363 e. The van der Waals surface area contributed by atoms with Gasteiger partial charge in [0.2, 0.25) is 5.78 Å². The molecule has 0 amide bonds. The zero-order valence-electron chi connectivity index (χ0n) is 9.28. The molecule has 1 aromatic rings. The fourth-order valence-corrected chi connectivity index (χ4v) is 2.62. The molecule has 3 heteroatoms. The standard InChI is InChI=1S/C13H16N2O/c16-12-10-6-2-3-7-11(10)14-13(12)15-8-4-1-5-9-15/h2-3,6-7,13-14H,1,4-5,8-9H2. The summed E-state index contributed by atoms with van der Waals surface area (Å²) in [5, 5.41) is 3.33. The maximum atomic E-state index is 12.2. The van der Waals surface area contributed by atoms with E-state index in [1.54, 1.807) is 0 Å². The maximum absolute atomic E-state index is 12.2. The van der Waals surface area contributed by atoms with Crippen molar-refractivity contribution in [3.05, 3.63) is 29.8 Å². The Balaban J connectivity index is 1.83. The number of hydrogen-bond donors (Lipinski definition) is 1. The first-order valence-corrected chi connectivity index (χ1v) is 6.00. The number of carbonyl (C=O) groups is 1. The minimum Gasteiger partial charge on any atom is -0.363 e. The van der Waals surface area contributed by atoms with E-state index in [0.717, 1.165) is 24.3 Å². The van der Waals surface area contributed by atoms with Crippen molar-refractivity contribution < 1.29 is 4.79 Å². The van der Waals surface area contributed by atoms with Crippen LogP contribution < -0.4 is 5.32 Å². The van der Waals surface area contributed by atoms with E-state index in [-0.39, 0.29) is 11.9 Å². The molecule has 2 aliphatic rings. The van der Waals surface area contributed by atoms with E-state index in [1.165, 1.54) is 19.3 Å². The van der Waals surface area contributed by atoms with E-state index < -0.39 is 0 Å². The number of hydrogen-bond acceptors (Lipinski definition) is 3. The number of Topliss-reactive ketones (excluding diaryl/α,β-unsaturated/α-hetero) is 1. The fraction of sp³-hybridized carbons (Fsp3) is 0.462. The van der Waals surface area contributed by atoms with E-state index in [9.17, 15) is 4.79 Å². The molecule has 1 atom stereocenters. The van der Waals surface area contributed by atoms with Crippen LogP contribution >= 0.6 is 0 Å². The van der Waals surface area contributed by atoms with Crippen LogP contribution in [-0.2, 0) is 0 Å². The van der Waals surface area contributed by atoms with E-state index in [1.807, 2.05) is 24.3 Å². The molecule has 2 heterocycles. The lowest BCUT2D eigenvalue weighted by atomic mass is 10.1. The zero-order valence-corrected chi connectivity index (χ0v) is 9.28. The van der Waals surface area contributed by atoms with Crippen molar-refractivity contribution in [2.24, 2.45) is 0 Å². The van der Waals surface area contributed by atoms with Gasteiger partial charge < -0.3 is 5.32 Å². The summed E-state index contributed by atoms with van der Waals surface area (Å²) in [7, 11) is 0. The maximum Gasteiger partial charge on any atom is 0.202 e. The van der Waals surface area contributed by atoms with Crippen LogP contribution in [0.25, 0.3) is 0 Å². The van der Waals surface area contributed by atoms with Crippen LogP contribution in [0.5, 0.6) is 0 Å². The fourth-order valence-electron chi connectivity index (χ4n) is 2.62. The Morgan fingerprint density at radius 1 is 1.12 bits per heavy atom. The predicted octanol–water partition coefficient (Wildman–Crippen LogP) is 2.11. The second kappa shape index (κ2) is 3.91. The monoisotopic (exact) mass is 216 g/mol. The van der Waals surface area contributed by atoms with Crippen molar-refractivity contribution in [3.8, 4) is 0 Å². The summed E-state index contributed by atoms with van der Waals surface area (Å²) < 4.78 is 0. The molecule has 1 aromatic carbocycles. The van der Waals surface area contributed by atoms with Gasteiger partial charge in [-0.3, -0.25) is 9.69 Å². The third-order valence-electron chi connectivity index (χ3n) is 3.49. The van der Waals surface area contributed by atoms with E-state index in [2.05, 4.69) is 10.2 Å². The van der Waals surface area contributed by atoms with Gasteiger partial charge in [0.05, 0.1) is 0 Å². The Hall–Kier alpha value is -1.35. The van der Waals surface area contributed by atoms with Gasteiger partial charge in [-0.05, 0) is 25.0 Å². The number of anilines is 1. The first kappa shape index (κ1) is 9.85. The number of ketones is 1. The average Bonchev–Trinajstić information content (AvgIpc) is 2.69. The summed E-state index contributed by atoms with van der Waals surface area (Å²) in [5.41, 5.74) is 1.83. The summed E-state index contributed by atoms with van der Waals surface area (Å²) in [4.78, 5) is 14.5. The van der Waals surface area contributed by atoms with Gasteiger partial charge in [-0.25, -0.2) is 0 Å². The van der Waals surface area contributed by atoms with Gasteiger partial charge in [0.25, 0.3) is 0 Å². The molecule has 16 heavy (non-hydrogen) atoms. The van der Waals surface area contributed by atoms with Crippen molar-refractivity contribution in [1.29, 1.82) is 0 Å². The van der Waals surface area contributed by atoms with Gasteiger partial charge in [-0.15, -0.1) is 0 Å². The highest BCUT2D eigenvalue weighted by molar-refractivity contribution is 6.10. The molecular weight excluding hydrogens is 200 g/mol. The highest BCUT2D eigenvalue weighted by Crippen LogP contribution is 2.28. The molecule has 1 unspecified atom stereocenters. The Labute approximate surface area is 95.4 Å². The van der Waals surface area contributed by atoms with Gasteiger partial charge in [-0.2, -0.15) is 0 Å². The van der Waals surface area contributed by atoms with Gasteiger partial charge >= 0.3 is 0 Å². The van der Waals surface area contributed by atoms with Crippen molar-refractivity contribution in [3.63, 3.8) is 0 Å². The minimum atomic E-state index is -0.113. The predicted molar refractivity (Wildman–Crippen MR) is 63.6 cm³/mol. The Morgan fingerprint density at radius 2 is 1.88 bits per heavy atom. The first-order chi connectivity index (χ1) is 7.86. The number of para-hydroxylation sites is 1. The molecule has 0 saturated carbocycles. The SMILES string of the molecule is O=C1c2ccccc2NC1N1CCCCC1. The number of nitrogens with one attached hydrogen (secondary N) is 1. The quantitative estimate of drug-likeness (QED) is 0.780. The Kier molecular flexibility index (Phi) is 2.40. The van der Waals surface area contributed by atoms with Crippen LogP contribution in [0.1, 0.15) is 29.6 Å². The van der Waals surface area contributed by atoms with Crippen LogP contribution in [0.15, 0.2) is 24.3 Å². The molecule has 0 radical (unpaired) electrons. The summed E-state index contributed by atoms with van der Waals surface area (Å²) in [6.07, 6.45) is 3.60. The van der Waals surface area contributed by atoms with Gasteiger partial charge in [0, 0.05) is 24.3 Å². The second-order valence-corrected chi connectivity index (χ2v) is 4.55. The lowest BCUT2D eigenvalue weighted by molar-refractivity contribution is 0.0839. The molecule has 1 saturated heterocycles. The molecule has 0 aliphatic carbocycles. The van der Waals surface area contributed by atoms with Crippen molar-refractivity contribution in [1.82, 2.24) is 4.90 Å². The minimum absolute atomic E-state index is 0.113. The first-order valence-electron chi connectivity index (χ1n) is 6.00. The molecule has 1 fully saturated rings. The molecule has 3 rings (SSSR count). The number of nitrogens with zero attached hydrogens (tertiary/aromatic N) is 1. The molecule has 3 nitrogen and oxygen atoms in total. The van der Waals surface area contributed by atoms with E-state index in [0.29, 0.717) is 0 Å². The van der Waals surface area contributed by atoms with Gasteiger partial charge in [0.15, 0.2) is 0 Å². The van der Waals surface area contributed by atoms with Gasteiger partial charge in [0.1, 0.15) is 6.17 Å². The van der Waals surface area contributed by atoms with Crippen LogP contribution in [0.4, 0.5) is 5.69 Å². The third kappa shape index (κ3) is 1.52. The number of rotatable bonds is 1. The molecule has 1 N–H and O–H groups in total. The lowest BCUT2D eigenvalue weighted by Crippen LogP contribution is -2.45. The number of benzene rings is 1. The lowest BCUT2D eigenvalue weighted by Gasteiger charge is -2.31. The number of piperidine rings is 1. The molecular formula is C13H16N2O. The highest BCUT2D eigenvalue weighted by atomic mass is 16.1. The zero-order chi connectivity index (χ0) is 11.0.